The van der Waals surface area contributed by atoms with E-state index in [2.05, 4.69) is 21.2 Å². The first kappa shape index (κ1) is 16.1. The number of aliphatic hydroxyl groups excluding tert-OH is 1. The van der Waals surface area contributed by atoms with Crippen molar-refractivity contribution in [3.05, 3.63) is 22.2 Å². The average molecular weight is 358 g/mol. The molecular formula is C15H20BrNO4. The van der Waals surface area contributed by atoms with Gasteiger partial charge in [0.05, 0.1) is 24.3 Å². The Morgan fingerprint density at radius 3 is 2.76 bits per heavy atom. The van der Waals surface area contributed by atoms with E-state index in [9.17, 15) is 9.90 Å². The lowest BCUT2D eigenvalue weighted by Gasteiger charge is -2.20. The first-order valence-electron chi connectivity index (χ1n) is 6.94. The summed E-state index contributed by atoms with van der Waals surface area (Å²) in [5.74, 6) is 0.982. The second-order valence-electron chi connectivity index (χ2n) is 5.14. The molecule has 0 radical (unpaired) electrons. The van der Waals surface area contributed by atoms with Crippen LogP contribution in [0.4, 0.5) is 0 Å². The maximum absolute atomic E-state index is 12.5. The summed E-state index contributed by atoms with van der Waals surface area (Å²) in [5, 5.41) is 12.3. The number of halogens is 1. The topological polar surface area (TPSA) is 67.8 Å². The van der Waals surface area contributed by atoms with E-state index >= 15 is 0 Å². The van der Waals surface area contributed by atoms with Crippen LogP contribution in [-0.2, 0) is 0 Å². The summed E-state index contributed by atoms with van der Waals surface area (Å²) >= 11 is 3.38. The molecule has 1 aromatic rings. The number of hydrogen-bond acceptors (Lipinski definition) is 4. The van der Waals surface area contributed by atoms with Crippen molar-refractivity contribution in [3.8, 4) is 11.5 Å². The second kappa shape index (κ2) is 7.13. The molecular weight excluding hydrogens is 338 g/mol. The van der Waals surface area contributed by atoms with E-state index in [1.807, 2.05) is 0 Å². The zero-order valence-corrected chi connectivity index (χ0v) is 13.8. The monoisotopic (exact) mass is 357 g/mol. The van der Waals surface area contributed by atoms with Crippen LogP contribution in [0.15, 0.2) is 16.6 Å². The van der Waals surface area contributed by atoms with Crippen LogP contribution in [0.2, 0.25) is 0 Å². The summed E-state index contributed by atoms with van der Waals surface area (Å²) in [6.07, 6.45) is 2.86. The van der Waals surface area contributed by atoms with Crippen LogP contribution < -0.4 is 14.8 Å². The Balaban J connectivity index is 2.23. The van der Waals surface area contributed by atoms with E-state index in [0.717, 1.165) is 19.3 Å². The molecule has 21 heavy (non-hydrogen) atoms. The summed E-state index contributed by atoms with van der Waals surface area (Å²) in [4.78, 5) is 12.5. The third-order valence-electron chi connectivity index (χ3n) is 3.91. The molecule has 0 heterocycles. The van der Waals surface area contributed by atoms with Gasteiger partial charge in [-0.25, -0.2) is 0 Å². The van der Waals surface area contributed by atoms with Gasteiger partial charge in [0.2, 0.25) is 0 Å². The Hall–Kier alpha value is -1.27. The lowest BCUT2D eigenvalue weighted by atomic mass is 10.0. The van der Waals surface area contributed by atoms with E-state index in [0.29, 0.717) is 21.5 Å². The molecule has 1 aromatic carbocycles. The Morgan fingerprint density at radius 2 is 2.14 bits per heavy atom. The minimum atomic E-state index is -0.211. The molecule has 1 aliphatic rings. The van der Waals surface area contributed by atoms with Crippen LogP contribution in [0, 0.1) is 5.92 Å². The molecule has 0 aliphatic heterocycles. The molecule has 2 rings (SSSR count). The van der Waals surface area contributed by atoms with Crippen LogP contribution in [-0.4, -0.2) is 37.9 Å². The zero-order chi connectivity index (χ0) is 15.4. The number of rotatable bonds is 5. The molecule has 0 bridgehead atoms. The van der Waals surface area contributed by atoms with E-state index in [-0.39, 0.29) is 24.5 Å². The number of hydrogen-bond donors (Lipinski definition) is 2. The number of ether oxygens (including phenoxy) is 2. The van der Waals surface area contributed by atoms with Gasteiger partial charge in [-0.1, -0.05) is 6.42 Å². The fourth-order valence-corrected chi connectivity index (χ4v) is 3.36. The van der Waals surface area contributed by atoms with Crippen molar-refractivity contribution in [1.82, 2.24) is 5.32 Å². The van der Waals surface area contributed by atoms with Gasteiger partial charge in [0.15, 0.2) is 0 Å². The second-order valence-corrected chi connectivity index (χ2v) is 6.00. The third kappa shape index (κ3) is 3.49. The summed E-state index contributed by atoms with van der Waals surface area (Å²) in [5.41, 5.74) is 0.423. The van der Waals surface area contributed by atoms with Gasteiger partial charge in [-0.05, 0) is 40.9 Å². The number of methoxy groups -OCH3 is 2. The van der Waals surface area contributed by atoms with Crippen molar-refractivity contribution >= 4 is 21.8 Å². The maximum atomic E-state index is 12.5. The fraction of sp³-hybridized carbons (Fsp3) is 0.533. The van der Waals surface area contributed by atoms with Crippen LogP contribution in [0.5, 0.6) is 11.5 Å². The highest BCUT2D eigenvalue weighted by Crippen LogP contribution is 2.34. The van der Waals surface area contributed by atoms with Gasteiger partial charge in [0.1, 0.15) is 11.5 Å². The van der Waals surface area contributed by atoms with Crippen molar-refractivity contribution in [1.29, 1.82) is 0 Å². The van der Waals surface area contributed by atoms with Gasteiger partial charge in [-0.2, -0.15) is 0 Å². The first-order chi connectivity index (χ1) is 10.1. The van der Waals surface area contributed by atoms with Crippen molar-refractivity contribution < 1.29 is 19.4 Å². The molecule has 0 spiro atoms. The molecule has 2 unspecified atom stereocenters. The number of carbonyl (C=O) groups is 1. The van der Waals surface area contributed by atoms with Crippen molar-refractivity contribution in [2.75, 3.05) is 20.8 Å². The smallest absolute Gasteiger partial charge is 0.255 e. The molecule has 6 heteroatoms. The predicted octanol–water partition coefficient (Wildman–Crippen LogP) is 2.36. The average Bonchev–Trinajstić information content (AvgIpc) is 2.93. The third-order valence-corrected chi connectivity index (χ3v) is 4.50. The standard InChI is InChI=1S/C15H20BrNO4/c1-20-10-6-11(14(21-2)12(16)7-10)15(19)17-13-5-3-4-9(13)8-18/h6-7,9,13,18H,3-5,8H2,1-2H3,(H,17,19). The van der Waals surface area contributed by atoms with E-state index in [1.54, 1.807) is 19.2 Å². The largest absolute Gasteiger partial charge is 0.497 e. The quantitative estimate of drug-likeness (QED) is 0.848. The maximum Gasteiger partial charge on any atom is 0.255 e. The summed E-state index contributed by atoms with van der Waals surface area (Å²) in [7, 11) is 3.07. The molecule has 1 fully saturated rings. The molecule has 1 amide bonds. The van der Waals surface area contributed by atoms with Gasteiger partial charge in [0, 0.05) is 18.6 Å². The van der Waals surface area contributed by atoms with Gasteiger partial charge in [0.25, 0.3) is 5.91 Å². The highest BCUT2D eigenvalue weighted by Gasteiger charge is 2.29. The van der Waals surface area contributed by atoms with Gasteiger partial charge >= 0.3 is 0 Å². The van der Waals surface area contributed by atoms with E-state index in [1.165, 1.54) is 7.11 Å². The Kier molecular flexibility index (Phi) is 5.47. The van der Waals surface area contributed by atoms with Crippen LogP contribution in [0.1, 0.15) is 29.6 Å². The molecule has 5 nitrogen and oxygen atoms in total. The zero-order valence-electron chi connectivity index (χ0n) is 12.2. The Morgan fingerprint density at radius 1 is 1.38 bits per heavy atom. The van der Waals surface area contributed by atoms with Gasteiger partial charge < -0.3 is 19.9 Å². The first-order valence-corrected chi connectivity index (χ1v) is 7.73. The summed E-state index contributed by atoms with van der Waals surface area (Å²) < 4.78 is 11.2. The van der Waals surface area contributed by atoms with Crippen molar-refractivity contribution in [2.45, 2.75) is 25.3 Å². The molecule has 2 N–H and O–H groups in total. The highest BCUT2D eigenvalue weighted by molar-refractivity contribution is 9.10. The number of nitrogens with one attached hydrogen (secondary N) is 1. The number of benzene rings is 1. The van der Waals surface area contributed by atoms with Gasteiger partial charge in [-0.3, -0.25) is 4.79 Å². The minimum Gasteiger partial charge on any atom is -0.497 e. The number of aliphatic hydroxyl groups is 1. The summed E-state index contributed by atoms with van der Waals surface area (Å²) in [6, 6.07) is 3.42. The molecule has 116 valence electrons. The number of carbonyl (C=O) groups excluding carboxylic acids is 1. The normalized spacial score (nSPS) is 21.1. The van der Waals surface area contributed by atoms with Crippen molar-refractivity contribution in [2.24, 2.45) is 5.92 Å². The Labute approximate surface area is 132 Å². The van der Waals surface area contributed by atoms with Gasteiger partial charge in [-0.15, -0.1) is 0 Å². The van der Waals surface area contributed by atoms with Crippen molar-refractivity contribution in [3.63, 3.8) is 0 Å². The SMILES string of the molecule is COc1cc(Br)c(OC)c(C(=O)NC2CCCC2CO)c1. The summed E-state index contributed by atoms with van der Waals surface area (Å²) in [6.45, 7) is 0.101. The predicted molar refractivity (Wildman–Crippen MR) is 82.9 cm³/mol. The van der Waals surface area contributed by atoms with E-state index < -0.39 is 0 Å². The Bertz CT molecular complexity index is 521. The van der Waals surface area contributed by atoms with Crippen LogP contribution in [0.3, 0.4) is 0 Å². The van der Waals surface area contributed by atoms with E-state index in [4.69, 9.17) is 9.47 Å². The fourth-order valence-electron chi connectivity index (χ4n) is 2.75. The highest BCUT2D eigenvalue weighted by atomic mass is 79.9. The minimum absolute atomic E-state index is 0.0113. The lowest BCUT2D eigenvalue weighted by Crippen LogP contribution is -2.38. The molecule has 2 atom stereocenters. The molecule has 0 aromatic heterocycles. The molecule has 1 saturated carbocycles. The molecule has 0 saturated heterocycles. The number of amides is 1. The molecule has 1 aliphatic carbocycles. The van der Waals surface area contributed by atoms with Crippen LogP contribution in [0.25, 0.3) is 0 Å². The van der Waals surface area contributed by atoms with Crippen LogP contribution >= 0.6 is 15.9 Å². The lowest BCUT2D eigenvalue weighted by molar-refractivity contribution is 0.0912.